The molecule has 2 aliphatic rings. The molecule has 3 aromatic rings. The Morgan fingerprint density at radius 2 is 1.58 bits per heavy atom. The van der Waals surface area contributed by atoms with E-state index in [-0.39, 0.29) is 0 Å². The van der Waals surface area contributed by atoms with Crippen molar-refractivity contribution in [1.29, 1.82) is 0 Å². The first-order chi connectivity index (χ1) is 12.9. The molecule has 3 heteroatoms. The smallest absolute Gasteiger partial charge is 0.0726 e. The third-order valence-electron chi connectivity index (χ3n) is 5.83. The second-order valence-electron chi connectivity index (χ2n) is 7.51. The van der Waals surface area contributed by atoms with Gasteiger partial charge in [-0.3, -0.25) is 9.88 Å². The average Bonchev–Trinajstić information content (AvgIpc) is 3.16. The van der Waals surface area contributed by atoms with E-state index in [0.717, 1.165) is 44.7 Å². The van der Waals surface area contributed by atoms with Crippen LogP contribution in [0.15, 0.2) is 54.6 Å². The molecule has 1 fully saturated rings. The van der Waals surface area contributed by atoms with Crippen molar-refractivity contribution in [2.24, 2.45) is 0 Å². The van der Waals surface area contributed by atoms with E-state index in [9.17, 15) is 0 Å². The summed E-state index contributed by atoms with van der Waals surface area (Å²) in [7, 11) is 0. The lowest BCUT2D eigenvalue weighted by molar-refractivity contribution is 0.250. The molecule has 0 saturated carbocycles. The number of piperazine rings is 1. The normalized spacial score (nSPS) is 17.6. The zero-order chi connectivity index (χ0) is 17.3. The number of nitrogens with zero attached hydrogens (tertiary/aromatic N) is 3. The third-order valence-corrected chi connectivity index (χ3v) is 5.83. The van der Waals surface area contributed by atoms with Crippen LogP contribution in [0.4, 0.5) is 5.69 Å². The summed E-state index contributed by atoms with van der Waals surface area (Å²) < 4.78 is 0. The van der Waals surface area contributed by atoms with E-state index in [1.54, 1.807) is 0 Å². The first-order valence-corrected chi connectivity index (χ1v) is 9.80. The quantitative estimate of drug-likeness (QED) is 0.715. The van der Waals surface area contributed by atoms with Crippen LogP contribution in [0.3, 0.4) is 0 Å². The Labute approximate surface area is 155 Å². The molecule has 0 bridgehead atoms. The highest BCUT2D eigenvalue weighted by Gasteiger charge is 2.25. The second kappa shape index (κ2) is 6.73. The minimum absolute atomic E-state index is 1.06. The topological polar surface area (TPSA) is 19.4 Å². The Bertz CT molecular complexity index is 911. The highest BCUT2D eigenvalue weighted by Crippen LogP contribution is 2.37. The van der Waals surface area contributed by atoms with E-state index in [1.165, 1.54) is 40.7 Å². The number of pyridine rings is 1. The first kappa shape index (κ1) is 15.8. The fourth-order valence-electron chi connectivity index (χ4n) is 4.52. The van der Waals surface area contributed by atoms with Crippen LogP contribution in [-0.2, 0) is 19.4 Å². The van der Waals surface area contributed by atoms with Crippen LogP contribution in [0.2, 0.25) is 0 Å². The van der Waals surface area contributed by atoms with Gasteiger partial charge in [-0.15, -0.1) is 0 Å². The molecule has 0 spiro atoms. The van der Waals surface area contributed by atoms with Crippen molar-refractivity contribution in [2.75, 3.05) is 31.1 Å². The summed E-state index contributed by atoms with van der Waals surface area (Å²) in [6, 6.07) is 19.5. The largest absolute Gasteiger partial charge is 0.368 e. The summed E-state index contributed by atoms with van der Waals surface area (Å²) in [5.41, 5.74) is 6.90. The molecular weight excluding hydrogens is 318 g/mol. The van der Waals surface area contributed by atoms with E-state index in [4.69, 9.17) is 4.98 Å². The van der Waals surface area contributed by atoms with Gasteiger partial charge in [-0.25, -0.2) is 0 Å². The van der Waals surface area contributed by atoms with Gasteiger partial charge in [0.15, 0.2) is 0 Å². The molecule has 132 valence electrons. The average molecular weight is 343 g/mol. The number of anilines is 1. The molecule has 0 unspecified atom stereocenters. The molecule has 1 aromatic heterocycles. The molecule has 2 aromatic carbocycles. The monoisotopic (exact) mass is 343 g/mol. The highest BCUT2D eigenvalue weighted by molar-refractivity contribution is 5.94. The van der Waals surface area contributed by atoms with Crippen LogP contribution in [0.5, 0.6) is 0 Å². The molecule has 1 aliphatic carbocycles. The van der Waals surface area contributed by atoms with Gasteiger partial charge in [-0.05, 0) is 36.5 Å². The number of aromatic nitrogens is 1. The molecule has 3 nitrogen and oxygen atoms in total. The SMILES string of the molecule is c1ccc(CN2CCN(c3c4c(nc5ccccc35)CCC4)CC2)cc1. The molecule has 26 heavy (non-hydrogen) atoms. The number of hydrogen-bond donors (Lipinski definition) is 0. The lowest BCUT2D eigenvalue weighted by Crippen LogP contribution is -2.46. The van der Waals surface area contributed by atoms with Gasteiger partial charge in [0.1, 0.15) is 0 Å². The fourth-order valence-corrected chi connectivity index (χ4v) is 4.52. The Kier molecular flexibility index (Phi) is 4.10. The van der Waals surface area contributed by atoms with E-state index in [1.807, 2.05) is 0 Å². The van der Waals surface area contributed by atoms with Gasteiger partial charge in [0.25, 0.3) is 0 Å². The standard InChI is InChI=1S/C23H25N3/c1-2-7-18(8-3-1)17-25-13-15-26(16-14-25)23-19-9-4-5-11-21(19)24-22-12-6-10-20(22)23/h1-5,7-9,11H,6,10,12-17H2. The van der Waals surface area contributed by atoms with Crippen LogP contribution in [0.25, 0.3) is 10.9 Å². The van der Waals surface area contributed by atoms with Gasteiger partial charge >= 0.3 is 0 Å². The Morgan fingerprint density at radius 1 is 0.808 bits per heavy atom. The van der Waals surface area contributed by atoms with E-state index >= 15 is 0 Å². The van der Waals surface area contributed by atoms with Gasteiger partial charge in [0.05, 0.1) is 11.2 Å². The number of fused-ring (bicyclic) bond motifs is 2. The number of benzene rings is 2. The molecule has 0 amide bonds. The zero-order valence-electron chi connectivity index (χ0n) is 15.2. The number of para-hydroxylation sites is 1. The number of hydrogen-bond acceptors (Lipinski definition) is 3. The molecular formula is C23H25N3. The minimum atomic E-state index is 1.06. The van der Waals surface area contributed by atoms with Gasteiger partial charge in [0.2, 0.25) is 0 Å². The lowest BCUT2D eigenvalue weighted by Gasteiger charge is -2.37. The van der Waals surface area contributed by atoms with Gasteiger partial charge in [0, 0.05) is 43.8 Å². The Balaban J connectivity index is 1.40. The summed E-state index contributed by atoms with van der Waals surface area (Å²) in [6.45, 7) is 5.52. The van der Waals surface area contributed by atoms with Gasteiger partial charge in [-0.2, -0.15) is 0 Å². The maximum atomic E-state index is 4.94. The molecule has 1 aliphatic heterocycles. The summed E-state index contributed by atoms with van der Waals surface area (Å²) in [4.78, 5) is 10.1. The molecule has 5 rings (SSSR count). The Morgan fingerprint density at radius 3 is 2.42 bits per heavy atom. The van der Waals surface area contributed by atoms with Crippen LogP contribution >= 0.6 is 0 Å². The number of aryl methyl sites for hydroxylation is 1. The summed E-state index contributed by atoms with van der Waals surface area (Å²) >= 11 is 0. The predicted octanol–water partition coefficient (Wildman–Crippen LogP) is 4.05. The maximum Gasteiger partial charge on any atom is 0.0726 e. The van der Waals surface area contributed by atoms with Gasteiger partial charge < -0.3 is 4.90 Å². The first-order valence-electron chi connectivity index (χ1n) is 9.80. The van der Waals surface area contributed by atoms with Crippen molar-refractivity contribution in [1.82, 2.24) is 9.88 Å². The van der Waals surface area contributed by atoms with Crippen molar-refractivity contribution < 1.29 is 0 Å². The lowest BCUT2D eigenvalue weighted by atomic mass is 10.0. The molecule has 0 radical (unpaired) electrons. The van der Waals surface area contributed by atoms with Crippen molar-refractivity contribution in [3.8, 4) is 0 Å². The predicted molar refractivity (Wildman–Crippen MR) is 108 cm³/mol. The minimum Gasteiger partial charge on any atom is -0.368 e. The van der Waals surface area contributed by atoms with Gasteiger partial charge in [-0.1, -0.05) is 48.5 Å². The highest BCUT2D eigenvalue weighted by atomic mass is 15.3. The summed E-state index contributed by atoms with van der Waals surface area (Å²) in [5, 5.41) is 1.34. The van der Waals surface area contributed by atoms with Crippen molar-refractivity contribution in [3.05, 3.63) is 71.4 Å². The van der Waals surface area contributed by atoms with Crippen LogP contribution in [0.1, 0.15) is 23.2 Å². The van der Waals surface area contributed by atoms with Crippen molar-refractivity contribution in [2.45, 2.75) is 25.8 Å². The van der Waals surface area contributed by atoms with Crippen LogP contribution < -0.4 is 4.90 Å². The fraction of sp³-hybridized carbons (Fsp3) is 0.348. The molecule has 0 atom stereocenters. The van der Waals surface area contributed by atoms with Crippen LogP contribution in [0, 0.1) is 0 Å². The number of rotatable bonds is 3. The second-order valence-corrected chi connectivity index (χ2v) is 7.51. The molecule has 0 N–H and O–H groups in total. The molecule has 1 saturated heterocycles. The van der Waals surface area contributed by atoms with Crippen LogP contribution in [-0.4, -0.2) is 36.1 Å². The molecule has 2 heterocycles. The van der Waals surface area contributed by atoms with E-state index < -0.39 is 0 Å². The third kappa shape index (κ3) is 2.86. The van der Waals surface area contributed by atoms with E-state index in [2.05, 4.69) is 64.4 Å². The summed E-state index contributed by atoms with van der Waals surface area (Å²) in [5.74, 6) is 0. The van der Waals surface area contributed by atoms with Crippen molar-refractivity contribution >= 4 is 16.6 Å². The zero-order valence-corrected chi connectivity index (χ0v) is 15.2. The Hall–Kier alpha value is -2.39. The van der Waals surface area contributed by atoms with E-state index in [0.29, 0.717) is 0 Å². The maximum absolute atomic E-state index is 4.94. The van der Waals surface area contributed by atoms with Crippen molar-refractivity contribution in [3.63, 3.8) is 0 Å². The summed E-state index contributed by atoms with van der Waals surface area (Å²) in [6.07, 6.45) is 3.58.